The molecular formula is C34H46N2. The fourth-order valence-electron chi connectivity index (χ4n) is 3.23. The van der Waals surface area contributed by atoms with Crippen molar-refractivity contribution >= 4 is 11.3 Å². The number of nitrogens with one attached hydrogen (secondary N) is 1. The normalized spacial score (nSPS) is 10.7. The van der Waals surface area contributed by atoms with Crippen LogP contribution in [-0.2, 0) is 6.42 Å². The molecule has 36 heavy (non-hydrogen) atoms. The molecule has 0 atom stereocenters. The van der Waals surface area contributed by atoms with Crippen LogP contribution in [-0.4, -0.2) is 5.71 Å². The molecule has 192 valence electrons. The first kappa shape index (κ1) is 34.5. The Hall–Kier alpha value is -3.70. The standard InChI is InChI=1S/C19H23N.C10H11N.C3H6.C2H6/c1-6-8-18(9-7-2)19(16(5)20)15(4)17-12-10-14(3)11-13-17;1-2-3-9-4-6-10(8-11)7-5-9;1-3-2;1-2/h6-13,20H,1H2,2-5H3;4-7H,2-3H2,1H3;3H,1H2,2H3;1-2H3/b9-7-,18-8+,19-15-,20-16?;;;. The molecule has 2 nitrogen and oxygen atoms in total. The van der Waals surface area contributed by atoms with Gasteiger partial charge in [0.05, 0.1) is 11.6 Å². The molecule has 2 rings (SSSR count). The highest BCUT2D eigenvalue weighted by molar-refractivity contribution is 6.07. The second-order valence-electron chi connectivity index (χ2n) is 7.82. The minimum Gasteiger partial charge on any atom is -0.305 e. The summed E-state index contributed by atoms with van der Waals surface area (Å²) in [5.41, 5.74) is 8.11. The van der Waals surface area contributed by atoms with E-state index in [9.17, 15) is 0 Å². The van der Waals surface area contributed by atoms with Gasteiger partial charge in [0.1, 0.15) is 0 Å². The summed E-state index contributed by atoms with van der Waals surface area (Å²) in [6, 6.07) is 18.3. The van der Waals surface area contributed by atoms with Gasteiger partial charge in [-0.3, -0.25) is 0 Å². The summed E-state index contributed by atoms with van der Waals surface area (Å²) in [4.78, 5) is 0. The van der Waals surface area contributed by atoms with Crippen LogP contribution in [0.2, 0.25) is 0 Å². The Morgan fingerprint density at radius 1 is 0.972 bits per heavy atom. The maximum Gasteiger partial charge on any atom is 0.0991 e. The lowest BCUT2D eigenvalue weighted by molar-refractivity contribution is 0.922. The predicted octanol–water partition coefficient (Wildman–Crippen LogP) is 10.2. The molecule has 0 aliphatic heterocycles. The first-order valence-corrected chi connectivity index (χ1v) is 12.6. The first-order valence-electron chi connectivity index (χ1n) is 12.6. The Bertz CT molecular complexity index is 1040. The van der Waals surface area contributed by atoms with E-state index in [0.717, 1.165) is 40.7 Å². The quantitative estimate of drug-likeness (QED) is 0.238. The highest BCUT2D eigenvalue weighted by Crippen LogP contribution is 2.26. The van der Waals surface area contributed by atoms with Crippen molar-refractivity contribution in [2.24, 2.45) is 0 Å². The molecule has 0 unspecified atom stereocenters. The lowest BCUT2D eigenvalue weighted by Crippen LogP contribution is -2.02. The van der Waals surface area contributed by atoms with Gasteiger partial charge in [-0.1, -0.05) is 106 Å². The van der Waals surface area contributed by atoms with Crippen LogP contribution in [0, 0.1) is 23.7 Å². The third-order valence-electron chi connectivity index (χ3n) is 4.79. The van der Waals surface area contributed by atoms with E-state index < -0.39 is 0 Å². The summed E-state index contributed by atoms with van der Waals surface area (Å²) >= 11 is 0. The zero-order chi connectivity index (χ0) is 27.9. The molecule has 0 aliphatic rings. The molecule has 2 aromatic rings. The van der Waals surface area contributed by atoms with Gasteiger partial charge in [-0.2, -0.15) is 5.26 Å². The Morgan fingerprint density at radius 2 is 1.50 bits per heavy atom. The fourth-order valence-corrected chi connectivity index (χ4v) is 3.23. The van der Waals surface area contributed by atoms with Crippen LogP contribution in [0.3, 0.4) is 0 Å². The van der Waals surface area contributed by atoms with Gasteiger partial charge in [0.15, 0.2) is 0 Å². The van der Waals surface area contributed by atoms with E-state index >= 15 is 0 Å². The lowest BCUT2D eigenvalue weighted by Gasteiger charge is -2.13. The van der Waals surface area contributed by atoms with Crippen molar-refractivity contribution in [3.8, 4) is 6.07 Å². The van der Waals surface area contributed by atoms with Crippen molar-refractivity contribution in [2.75, 3.05) is 0 Å². The summed E-state index contributed by atoms with van der Waals surface area (Å²) < 4.78 is 0. The van der Waals surface area contributed by atoms with Gasteiger partial charge < -0.3 is 5.41 Å². The van der Waals surface area contributed by atoms with Crippen molar-refractivity contribution in [3.63, 3.8) is 0 Å². The largest absolute Gasteiger partial charge is 0.305 e. The third-order valence-corrected chi connectivity index (χ3v) is 4.79. The van der Waals surface area contributed by atoms with Gasteiger partial charge in [0.2, 0.25) is 0 Å². The predicted molar refractivity (Wildman–Crippen MR) is 163 cm³/mol. The van der Waals surface area contributed by atoms with Crippen LogP contribution in [0.4, 0.5) is 0 Å². The number of aryl methyl sites for hydroxylation is 2. The average Bonchev–Trinajstić information content (AvgIpc) is 2.87. The second kappa shape index (κ2) is 21.8. The Morgan fingerprint density at radius 3 is 1.89 bits per heavy atom. The minimum atomic E-state index is 0.564. The number of allylic oxidation sites excluding steroid dienone is 8. The van der Waals surface area contributed by atoms with Crippen LogP contribution in [0.1, 0.15) is 77.1 Å². The van der Waals surface area contributed by atoms with Crippen molar-refractivity contribution < 1.29 is 0 Å². The number of nitriles is 1. The SMILES string of the molecule is C=C/C=C(\C=C/C)C(/C(C)=N)=C(/C)c1ccc(C)cc1.C=CC.CC.CCCc1ccc(C#N)cc1. The fraction of sp³-hybridized carbons (Fsp3) is 0.294. The summed E-state index contributed by atoms with van der Waals surface area (Å²) in [6.45, 7) is 23.1. The van der Waals surface area contributed by atoms with E-state index in [4.69, 9.17) is 10.7 Å². The van der Waals surface area contributed by atoms with Crippen LogP contribution in [0.25, 0.3) is 5.57 Å². The number of benzene rings is 2. The van der Waals surface area contributed by atoms with Crippen molar-refractivity contribution in [1.29, 1.82) is 10.7 Å². The second-order valence-corrected chi connectivity index (χ2v) is 7.82. The highest BCUT2D eigenvalue weighted by atomic mass is 14.4. The number of nitrogens with zero attached hydrogens (tertiary/aromatic N) is 1. The van der Waals surface area contributed by atoms with E-state index in [1.807, 2.05) is 77.1 Å². The molecule has 0 spiro atoms. The molecule has 0 saturated heterocycles. The summed E-state index contributed by atoms with van der Waals surface area (Å²) in [5, 5.41) is 16.6. The number of rotatable bonds is 7. The van der Waals surface area contributed by atoms with Crippen LogP contribution < -0.4 is 0 Å². The van der Waals surface area contributed by atoms with Crippen molar-refractivity contribution in [3.05, 3.63) is 125 Å². The van der Waals surface area contributed by atoms with Gasteiger partial charge in [-0.05, 0) is 75.4 Å². The summed E-state index contributed by atoms with van der Waals surface area (Å²) in [6.07, 6.45) is 11.7. The maximum absolute atomic E-state index is 8.51. The van der Waals surface area contributed by atoms with Gasteiger partial charge in [-0.15, -0.1) is 6.58 Å². The Kier molecular flexibility index (Phi) is 20.9. The molecule has 0 heterocycles. The lowest BCUT2D eigenvalue weighted by atomic mass is 9.91. The Balaban J connectivity index is 0. The van der Waals surface area contributed by atoms with Crippen molar-refractivity contribution in [1.82, 2.24) is 0 Å². The van der Waals surface area contributed by atoms with Gasteiger partial charge in [0, 0.05) is 11.3 Å². The zero-order valence-corrected chi connectivity index (χ0v) is 23.8. The van der Waals surface area contributed by atoms with Gasteiger partial charge in [0.25, 0.3) is 0 Å². The molecule has 0 aromatic heterocycles. The molecule has 0 radical (unpaired) electrons. The van der Waals surface area contributed by atoms with Crippen molar-refractivity contribution in [2.45, 2.75) is 68.2 Å². The molecule has 0 amide bonds. The summed E-state index contributed by atoms with van der Waals surface area (Å²) in [7, 11) is 0. The molecule has 0 saturated carbocycles. The Labute approximate surface area is 221 Å². The molecule has 0 bridgehead atoms. The average molecular weight is 483 g/mol. The topological polar surface area (TPSA) is 47.6 Å². The molecule has 1 N–H and O–H groups in total. The third kappa shape index (κ3) is 13.9. The van der Waals surface area contributed by atoms with E-state index in [-0.39, 0.29) is 0 Å². The van der Waals surface area contributed by atoms with Crippen LogP contribution in [0.15, 0.2) is 103 Å². The van der Waals surface area contributed by atoms with Gasteiger partial charge >= 0.3 is 0 Å². The molecule has 2 aromatic carbocycles. The highest BCUT2D eigenvalue weighted by Gasteiger charge is 2.10. The smallest absolute Gasteiger partial charge is 0.0991 e. The van der Waals surface area contributed by atoms with E-state index in [2.05, 4.69) is 64.3 Å². The first-order chi connectivity index (χ1) is 17.3. The van der Waals surface area contributed by atoms with E-state index in [0.29, 0.717) is 5.71 Å². The van der Waals surface area contributed by atoms with Crippen LogP contribution in [0.5, 0.6) is 0 Å². The molecule has 0 fully saturated rings. The minimum absolute atomic E-state index is 0.564. The molecular weight excluding hydrogens is 436 g/mol. The molecule has 2 heteroatoms. The molecule has 0 aliphatic carbocycles. The zero-order valence-electron chi connectivity index (χ0n) is 23.8. The monoisotopic (exact) mass is 482 g/mol. The maximum atomic E-state index is 8.51. The number of hydrogen-bond donors (Lipinski definition) is 1. The van der Waals surface area contributed by atoms with E-state index in [1.165, 1.54) is 11.1 Å². The van der Waals surface area contributed by atoms with Crippen LogP contribution >= 0.6 is 0 Å². The summed E-state index contributed by atoms with van der Waals surface area (Å²) in [5.74, 6) is 0. The van der Waals surface area contributed by atoms with E-state index in [1.54, 1.807) is 12.2 Å². The van der Waals surface area contributed by atoms with Gasteiger partial charge in [-0.25, -0.2) is 0 Å². The number of hydrogen-bond acceptors (Lipinski definition) is 2.